The van der Waals surface area contributed by atoms with Crippen molar-refractivity contribution in [3.63, 3.8) is 0 Å². The highest BCUT2D eigenvalue weighted by molar-refractivity contribution is 5.84. The quantitative estimate of drug-likeness (QED) is 0.734. The molecule has 3 rings (SSSR count). The maximum Gasteiger partial charge on any atom is 0.411 e. The first-order chi connectivity index (χ1) is 9.76. The lowest BCUT2D eigenvalue weighted by Crippen LogP contribution is -2.52. The van der Waals surface area contributed by atoms with E-state index in [2.05, 4.69) is 6.92 Å². The molecule has 0 aromatic rings. The first-order valence-electron chi connectivity index (χ1n) is 7.94. The van der Waals surface area contributed by atoms with Gasteiger partial charge in [-0.05, 0) is 57.8 Å². The predicted octanol–water partition coefficient (Wildman–Crippen LogP) is 2.44. The fraction of sp³-hybridized carbons (Fsp3) is 0.875. The maximum absolute atomic E-state index is 12.5. The molecule has 2 bridgehead atoms. The third-order valence-electron chi connectivity index (χ3n) is 5.17. The van der Waals surface area contributed by atoms with E-state index in [1.807, 2.05) is 20.8 Å². The van der Waals surface area contributed by atoms with E-state index in [0.717, 1.165) is 6.42 Å². The molecule has 5 nitrogen and oxygen atoms in total. The zero-order chi connectivity index (χ0) is 15.5. The van der Waals surface area contributed by atoms with Crippen LogP contribution in [0.5, 0.6) is 0 Å². The minimum Gasteiger partial charge on any atom is -0.464 e. The van der Waals surface area contributed by atoms with Crippen molar-refractivity contribution in [2.75, 3.05) is 6.61 Å². The van der Waals surface area contributed by atoms with Gasteiger partial charge in [0.05, 0.1) is 6.61 Å². The number of carbonyl (C=O) groups excluding carboxylic acids is 2. The van der Waals surface area contributed by atoms with E-state index in [1.54, 1.807) is 11.8 Å². The van der Waals surface area contributed by atoms with Crippen LogP contribution in [0.4, 0.5) is 4.79 Å². The molecule has 3 aliphatic rings. The molecule has 118 valence electrons. The van der Waals surface area contributed by atoms with E-state index in [-0.39, 0.29) is 24.0 Å². The number of nitrogens with zero attached hydrogens (tertiary/aromatic N) is 1. The molecule has 0 spiro atoms. The number of carbonyl (C=O) groups is 2. The Balaban J connectivity index is 1.82. The zero-order valence-electron chi connectivity index (χ0n) is 13.5. The molecule has 6 atom stereocenters. The van der Waals surface area contributed by atoms with Crippen LogP contribution in [-0.4, -0.2) is 41.3 Å². The summed E-state index contributed by atoms with van der Waals surface area (Å²) in [5.41, 5.74) is -0.549. The third-order valence-corrected chi connectivity index (χ3v) is 5.17. The highest BCUT2D eigenvalue weighted by Crippen LogP contribution is 2.67. The number of rotatable bonds is 2. The number of ether oxygens (including phenoxy) is 2. The SMILES string of the molecule is CCOC(=O)[C@@H]1[C@@H]2C[C@@H]([C@H]3[C@@H](C)[C@@H]23)N1C(=O)OC(C)(C)C. The van der Waals surface area contributed by atoms with Crippen LogP contribution in [0, 0.1) is 23.7 Å². The number of hydrogen-bond donors (Lipinski definition) is 0. The lowest BCUT2D eigenvalue weighted by atomic mass is 9.95. The Morgan fingerprint density at radius 3 is 2.48 bits per heavy atom. The van der Waals surface area contributed by atoms with Gasteiger partial charge in [-0.3, -0.25) is 4.90 Å². The summed E-state index contributed by atoms with van der Waals surface area (Å²) >= 11 is 0. The van der Waals surface area contributed by atoms with Gasteiger partial charge in [-0.1, -0.05) is 6.92 Å². The molecular weight excluding hydrogens is 270 g/mol. The van der Waals surface area contributed by atoms with Crippen molar-refractivity contribution in [2.24, 2.45) is 23.7 Å². The van der Waals surface area contributed by atoms with Crippen LogP contribution in [-0.2, 0) is 14.3 Å². The highest BCUT2D eigenvalue weighted by Gasteiger charge is 2.71. The van der Waals surface area contributed by atoms with Crippen LogP contribution < -0.4 is 0 Å². The molecule has 21 heavy (non-hydrogen) atoms. The molecule has 0 aromatic heterocycles. The molecule has 1 aliphatic heterocycles. The van der Waals surface area contributed by atoms with Gasteiger partial charge in [0.2, 0.25) is 0 Å². The Morgan fingerprint density at radius 1 is 1.24 bits per heavy atom. The van der Waals surface area contributed by atoms with Crippen molar-refractivity contribution < 1.29 is 19.1 Å². The summed E-state index contributed by atoms with van der Waals surface area (Å²) in [6.07, 6.45) is 0.549. The third kappa shape index (κ3) is 2.21. The number of amides is 1. The fourth-order valence-electron chi connectivity index (χ4n) is 4.53. The van der Waals surface area contributed by atoms with Crippen molar-refractivity contribution in [1.82, 2.24) is 4.90 Å². The lowest BCUT2D eigenvalue weighted by molar-refractivity contribution is -0.151. The molecule has 3 fully saturated rings. The highest BCUT2D eigenvalue weighted by atomic mass is 16.6. The topological polar surface area (TPSA) is 55.8 Å². The molecule has 1 saturated heterocycles. The van der Waals surface area contributed by atoms with Crippen molar-refractivity contribution >= 4 is 12.1 Å². The molecule has 2 aliphatic carbocycles. The first-order valence-corrected chi connectivity index (χ1v) is 7.94. The summed E-state index contributed by atoms with van der Waals surface area (Å²) in [4.78, 5) is 26.5. The van der Waals surface area contributed by atoms with Crippen LogP contribution in [0.15, 0.2) is 0 Å². The summed E-state index contributed by atoms with van der Waals surface area (Å²) in [5, 5.41) is 0. The molecule has 0 unspecified atom stereocenters. The van der Waals surface area contributed by atoms with E-state index >= 15 is 0 Å². The smallest absolute Gasteiger partial charge is 0.411 e. The Kier molecular flexibility index (Phi) is 3.22. The number of likely N-dealkylation sites (tertiary alicyclic amines) is 1. The average molecular weight is 295 g/mol. The van der Waals surface area contributed by atoms with Gasteiger partial charge < -0.3 is 9.47 Å². The molecule has 0 radical (unpaired) electrons. The molecule has 5 heteroatoms. The van der Waals surface area contributed by atoms with Gasteiger partial charge in [0.25, 0.3) is 0 Å². The second-order valence-corrected chi connectivity index (χ2v) is 7.57. The van der Waals surface area contributed by atoms with Gasteiger partial charge in [0.1, 0.15) is 11.6 Å². The van der Waals surface area contributed by atoms with Gasteiger partial charge in [-0.2, -0.15) is 0 Å². The molecular formula is C16H25NO4. The average Bonchev–Trinajstić information content (AvgIpc) is 2.76. The van der Waals surface area contributed by atoms with Gasteiger partial charge >= 0.3 is 12.1 Å². The van der Waals surface area contributed by atoms with E-state index in [0.29, 0.717) is 24.4 Å². The van der Waals surface area contributed by atoms with Crippen molar-refractivity contribution in [2.45, 2.75) is 58.7 Å². The summed E-state index contributed by atoms with van der Waals surface area (Å²) in [5.74, 6) is 1.73. The van der Waals surface area contributed by atoms with Gasteiger partial charge in [0, 0.05) is 6.04 Å². The predicted molar refractivity (Wildman–Crippen MR) is 76.5 cm³/mol. The van der Waals surface area contributed by atoms with Crippen LogP contribution in [0.25, 0.3) is 0 Å². The Morgan fingerprint density at radius 2 is 1.90 bits per heavy atom. The Labute approximate surface area is 126 Å². The van der Waals surface area contributed by atoms with Gasteiger partial charge in [-0.25, -0.2) is 9.59 Å². The van der Waals surface area contributed by atoms with E-state index in [4.69, 9.17) is 9.47 Å². The lowest BCUT2D eigenvalue weighted by Gasteiger charge is -2.34. The van der Waals surface area contributed by atoms with Crippen molar-refractivity contribution in [3.05, 3.63) is 0 Å². The van der Waals surface area contributed by atoms with Gasteiger partial charge in [0.15, 0.2) is 0 Å². The largest absolute Gasteiger partial charge is 0.464 e. The summed E-state index contributed by atoms with van der Waals surface area (Å²) < 4.78 is 10.7. The molecule has 0 N–H and O–H groups in total. The minimum absolute atomic E-state index is 0.152. The zero-order valence-corrected chi connectivity index (χ0v) is 13.5. The van der Waals surface area contributed by atoms with Crippen molar-refractivity contribution in [1.29, 1.82) is 0 Å². The van der Waals surface area contributed by atoms with Crippen molar-refractivity contribution in [3.8, 4) is 0 Å². The molecule has 1 heterocycles. The van der Waals surface area contributed by atoms with Crippen LogP contribution in [0.1, 0.15) is 41.0 Å². The normalized spacial score (nSPS) is 40.0. The standard InChI is InChI=1S/C16H25NO4/c1-6-20-14(18)13-9-7-10(12-8(2)11(9)12)17(13)15(19)21-16(3,4)5/h8-13H,6-7H2,1-5H3/t8-,9+,10-,11-,12+,13-/m0/s1. The molecule has 1 amide bonds. The maximum atomic E-state index is 12.5. The van der Waals surface area contributed by atoms with E-state index in [1.165, 1.54) is 0 Å². The minimum atomic E-state index is -0.549. The number of esters is 1. The fourth-order valence-corrected chi connectivity index (χ4v) is 4.53. The first kappa shape index (κ1) is 14.7. The summed E-state index contributed by atoms with van der Waals surface area (Å²) in [7, 11) is 0. The monoisotopic (exact) mass is 295 g/mol. The summed E-state index contributed by atoms with van der Waals surface area (Å²) in [6.45, 7) is 9.91. The number of piperidine rings is 1. The Bertz CT molecular complexity index is 469. The summed E-state index contributed by atoms with van der Waals surface area (Å²) in [6, 6.07) is -0.296. The number of hydrogen-bond acceptors (Lipinski definition) is 4. The second kappa shape index (κ2) is 4.62. The van der Waals surface area contributed by atoms with Crippen LogP contribution >= 0.6 is 0 Å². The van der Waals surface area contributed by atoms with Crippen LogP contribution in [0.2, 0.25) is 0 Å². The second-order valence-electron chi connectivity index (χ2n) is 7.57. The molecule has 0 aromatic carbocycles. The van der Waals surface area contributed by atoms with Gasteiger partial charge in [-0.15, -0.1) is 0 Å². The van der Waals surface area contributed by atoms with E-state index < -0.39 is 11.6 Å². The van der Waals surface area contributed by atoms with E-state index in [9.17, 15) is 9.59 Å². The Hall–Kier alpha value is -1.26. The number of fused-ring (bicyclic) bond motifs is 5. The van der Waals surface area contributed by atoms with Crippen LogP contribution in [0.3, 0.4) is 0 Å². The molecule has 2 saturated carbocycles.